The number of carbonyl (C=O) groups excluding carboxylic acids is 2. The lowest BCUT2D eigenvalue weighted by atomic mass is 10.4. The van der Waals surface area contributed by atoms with Gasteiger partial charge in [-0.2, -0.15) is 0 Å². The van der Waals surface area contributed by atoms with Crippen LogP contribution in [0, 0.1) is 0 Å². The highest BCUT2D eigenvalue weighted by atomic mass is 19.3. The van der Waals surface area contributed by atoms with E-state index in [1.54, 1.807) is 0 Å². The highest BCUT2D eigenvalue weighted by molar-refractivity contribution is 5.73. The van der Waals surface area contributed by atoms with Gasteiger partial charge in [0.1, 0.15) is 0 Å². The zero-order valence-electron chi connectivity index (χ0n) is 5.09. The summed E-state index contributed by atoms with van der Waals surface area (Å²) in [5.41, 5.74) is 4.62. The molecular formula is C4H7FN2O3. The maximum Gasteiger partial charge on any atom is 0.350 e. The number of nitrogens with one attached hydrogen (secondary N) is 1. The van der Waals surface area contributed by atoms with E-state index in [1.165, 1.54) is 0 Å². The number of urea groups is 1. The van der Waals surface area contributed by atoms with E-state index in [2.05, 4.69) is 16.0 Å². The van der Waals surface area contributed by atoms with Gasteiger partial charge in [-0.1, -0.05) is 0 Å². The van der Waals surface area contributed by atoms with Gasteiger partial charge < -0.3 is 11.1 Å². The summed E-state index contributed by atoms with van der Waals surface area (Å²) >= 11 is 0. The fraction of sp³-hybridized carbons (Fsp3) is 0.500. The van der Waals surface area contributed by atoms with Crippen LogP contribution in [-0.4, -0.2) is 18.5 Å². The third-order valence-electron chi connectivity index (χ3n) is 0.714. The molecule has 0 radical (unpaired) electrons. The van der Waals surface area contributed by atoms with Gasteiger partial charge in [0, 0.05) is 11.1 Å². The SMILES string of the molecule is NC(=O)NCCC(=O)OF. The molecule has 0 fully saturated rings. The van der Waals surface area contributed by atoms with Crippen molar-refractivity contribution in [2.75, 3.05) is 6.54 Å². The number of primary amides is 1. The average molecular weight is 150 g/mol. The molecule has 0 atom stereocenters. The Labute approximate surface area is 56.2 Å². The molecule has 5 nitrogen and oxygen atoms in total. The first-order valence-electron chi connectivity index (χ1n) is 2.51. The van der Waals surface area contributed by atoms with Crippen LogP contribution in [0.15, 0.2) is 0 Å². The number of hydrogen-bond donors (Lipinski definition) is 2. The molecule has 0 aliphatic rings. The van der Waals surface area contributed by atoms with E-state index < -0.39 is 12.0 Å². The number of amides is 2. The topological polar surface area (TPSA) is 81.4 Å². The second-order valence-corrected chi connectivity index (χ2v) is 1.49. The standard InChI is InChI=1S/C4H7FN2O3/c5-10-3(8)1-2-7-4(6)9/h1-2H2,(H3,6,7,9). The molecule has 10 heavy (non-hydrogen) atoms. The zero-order valence-corrected chi connectivity index (χ0v) is 5.09. The molecule has 0 bridgehead atoms. The normalized spacial score (nSPS) is 8.50. The van der Waals surface area contributed by atoms with Crippen LogP contribution in [0.25, 0.3) is 0 Å². The summed E-state index contributed by atoms with van der Waals surface area (Å²) < 4.78 is 10.9. The molecule has 2 amide bonds. The van der Waals surface area contributed by atoms with Gasteiger partial charge in [-0.15, -0.1) is 0 Å². The van der Waals surface area contributed by atoms with Crippen molar-refractivity contribution in [3.8, 4) is 0 Å². The van der Waals surface area contributed by atoms with Crippen molar-refractivity contribution in [2.45, 2.75) is 6.42 Å². The monoisotopic (exact) mass is 150 g/mol. The molecule has 0 aromatic carbocycles. The molecule has 0 saturated carbocycles. The van der Waals surface area contributed by atoms with Gasteiger partial charge in [0.05, 0.1) is 6.42 Å². The van der Waals surface area contributed by atoms with Crippen LogP contribution < -0.4 is 11.1 Å². The molecule has 0 unspecified atom stereocenters. The molecule has 0 spiro atoms. The summed E-state index contributed by atoms with van der Waals surface area (Å²) in [5.74, 6) is -1.03. The number of hydrogen-bond acceptors (Lipinski definition) is 3. The van der Waals surface area contributed by atoms with Gasteiger partial charge in [0.15, 0.2) is 0 Å². The summed E-state index contributed by atoms with van der Waals surface area (Å²) in [5, 5.41) is 2.08. The van der Waals surface area contributed by atoms with E-state index in [0.29, 0.717) is 0 Å². The van der Waals surface area contributed by atoms with Gasteiger partial charge in [-0.25, -0.2) is 9.59 Å². The van der Waals surface area contributed by atoms with Crippen LogP contribution in [0.2, 0.25) is 0 Å². The largest absolute Gasteiger partial charge is 0.352 e. The molecule has 0 aromatic rings. The molecule has 0 saturated heterocycles. The second-order valence-electron chi connectivity index (χ2n) is 1.49. The molecule has 0 aromatic heterocycles. The van der Waals surface area contributed by atoms with Crippen molar-refractivity contribution >= 4 is 12.0 Å². The molecular weight excluding hydrogens is 143 g/mol. The van der Waals surface area contributed by atoms with Crippen molar-refractivity contribution in [1.29, 1.82) is 0 Å². The van der Waals surface area contributed by atoms with E-state index in [1.807, 2.05) is 0 Å². The molecule has 58 valence electrons. The van der Waals surface area contributed by atoms with Crippen molar-refractivity contribution in [3.05, 3.63) is 0 Å². The number of nitrogens with two attached hydrogens (primary N) is 1. The van der Waals surface area contributed by atoms with Gasteiger partial charge >= 0.3 is 12.0 Å². The Morgan fingerprint density at radius 3 is 2.60 bits per heavy atom. The van der Waals surface area contributed by atoms with Crippen LogP contribution in [0.5, 0.6) is 0 Å². The van der Waals surface area contributed by atoms with Gasteiger partial charge in [-0.3, -0.25) is 4.94 Å². The first-order chi connectivity index (χ1) is 4.66. The highest BCUT2D eigenvalue weighted by Crippen LogP contribution is 1.83. The molecule has 0 heterocycles. The molecule has 0 aliphatic carbocycles. The second kappa shape index (κ2) is 4.54. The average Bonchev–Trinajstić information content (AvgIpc) is 1.87. The summed E-state index contributed by atoms with van der Waals surface area (Å²) in [6.07, 6.45) is -0.223. The Morgan fingerprint density at radius 2 is 2.20 bits per heavy atom. The quantitative estimate of drug-likeness (QED) is 0.567. The summed E-state index contributed by atoms with van der Waals surface area (Å²) in [4.78, 5) is 22.7. The van der Waals surface area contributed by atoms with Crippen molar-refractivity contribution in [3.63, 3.8) is 0 Å². The van der Waals surface area contributed by atoms with E-state index >= 15 is 0 Å². The van der Waals surface area contributed by atoms with Crippen molar-refractivity contribution < 1.29 is 19.1 Å². The first kappa shape index (κ1) is 8.67. The van der Waals surface area contributed by atoms with E-state index in [9.17, 15) is 14.1 Å². The third-order valence-corrected chi connectivity index (χ3v) is 0.714. The summed E-state index contributed by atoms with van der Waals surface area (Å²) in [6.45, 7) is -0.0158. The smallest absolute Gasteiger partial charge is 0.350 e. The Kier molecular flexibility index (Phi) is 3.94. The van der Waals surface area contributed by atoms with Gasteiger partial charge in [-0.05, 0) is 0 Å². The fourth-order valence-corrected chi connectivity index (χ4v) is 0.326. The predicted molar refractivity (Wildman–Crippen MR) is 29.4 cm³/mol. The molecule has 3 N–H and O–H groups in total. The molecule has 0 aliphatic heterocycles. The van der Waals surface area contributed by atoms with Crippen LogP contribution in [0.3, 0.4) is 0 Å². The molecule has 6 heteroatoms. The Bertz CT molecular complexity index is 138. The van der Waals surface area contributed by atoms with Crippen LogP contribution >= 0.6 is 0 Å². The predicted octanol–water partition coefficient (Wildman–Crippen LogP) is -0.527. The number of carbonyl (C=O) groups is 2. The maximum absolute atomic E-state index is 10.9. The van der Waals surface area contributed by atoms with Gasteiger partial charge in [0.25, 0.3) is 0 Å². The van der Waals surface area contributed by atoms with Crippen molar-refractivity contribution in [1.82, 2.24) is 5.32 Å². The van der Waals surface area contributed by atoms with Crippen molar-refractivity contribution in [2.24, 2.45) is 5.73 Å². The fourth-order valence-electron chi connectivity index (χ4n) is 0.326. The highest BCUT2D eigenvalue weighted by Gasteiger charge is 2.01. The minimum atomic E-state index is -1.03. The lowest BCUT2D eigenvalue weighted by molar-refractivity contribution is -0.183. The third kappa shape index (κ3) is 4.82. The van der Waals surface area contributed by atoms with Crippen LogP contribution in [0.4, 0.5) is 9.32 Å². The Balaban J connectivity index is 3.20. The van der Waals surface area contributed by atoms with E-state index in [4.69, 9.17) is 0 Å². The van der Waals surface area contributed by atoms with Gasteiger partial charge in [0.2, 0.25) is 0 Å². The van der Waals surface area contributed by atoms with E-state index in [0.717, 1.165) is 0 Å². The Morgan fingerprint density at radius 1 is 1.60 bits per heavy atom. The first-order valence-corrected chi connectivity index (χ1v) is 2.51. The van der Waals surface area contributed by atoms with Crippen LogP contribution in [0.1, 0.15) is 6.42 Å². The maximum atomic E-state index is 10.9. The number of rotatable bonds is 3. The minimum absolute atomic E-state index is 0.0158. The van der Waals surface area contributed by atoms with Crippen LogP contribution in [-0.2, 0) is 9.74 Å². The minimum Gasteiger partial charge on any atom is -0.352 e. The molecule has 0 rings (SSSR count). The Hall–Kier alpha value is -1.33. The lowest BCUT2D eigenvalue weighted by Gasteiger charge is -1.96. The summed E-state index contributed by atoms with van der Waals surface area (Å²) in [6, 6.07) is -0.758. The van der Waals surface area contributed by atoms with E-state index in [-0.39, 0.29) is 13.0 Å². The lowest BCUT2D eigenvalue weighted by Crippen LogP contribution is -2.31. The number of halogens is 1. The zero-order chi connectivity index (χ0) is 7.98. The summed E-state index contributed by atoms with van der Waals surface area (Å²) in [7, 11) is 0.